The Hall–Kier alpha value is -1.64. The number of nitrogens with one attached hydrogen (secondary N) is 1. The van der Waals surface area contributed by atoms with Gasteiger partial charge in [-0.3, -0.25) is 0 Å². The molecule has 3 rings (SSSR count). The summed E-state index contributed by atoms with van der Waals surface area (Å²) < 4.78 is 13.2. The van der Waals surface area contributed by atoms with Crippen LogP contribution in [0.5, 0.6) is 0 Å². The Morgan fingerprint density at radius 1 is 1.35 bits per heavy atom. The van der Waals surface area contributed by atoms with Crippen molar-refractivity contribution in [1.82, 2.24) is 9.97 Å². The van der Waals surface area contributed by atoms with Crippen molar-refractivity contribution in [2.75, 3.05) is 0 Å². The number of hydrogen-bond donors (Lipinski definition) is 1. The van der Waals surface area contributed by atoms with Crippen molar-refractivity contribution in [1.29, 1.82) is 0 Å². The monoisotopic (exact) mass is 230 g/mol. The van der Waals surface area contributed by atoms with Crippen LogP contribution < -0.4 is 0 Å². The average molecular weight is 230 g/mol. The predicted octanol–water partition coefficient (Wildman–Crippen LogP) is 3.00. The molecule has 0 bridgehead atoms. The molecule has 0 saturated heterocycles. The highest BCUT2D eigenvalue weighted by molar-refractivity contribution is 5.40. The number of hydrogen-bond acceptors (Lipinski definition) is 1. The van der Waals surface area contributed by atoms with Crippen LogP contribution in [0.3, 0.4) is 0 Å². The van der Waals surface area contributed by atoms with Crippen LogP contribution >= 0.6 is 0 Å². The van der Waals surface area contributed by atoms with Crippen LogP contribution in [-0.2, 0) is 18.3 Å². The number of rotatable bonds is 2. The first-order valence-electron chi connectivity index (χ1n) is 6.00. The fraction of sp³-hybridized carbons (Fsp3) is 0.357. The smallest absolute Gasteiger partial charge is 0.123 e. The number of halogens is 1. The van der Waals surface area contributed by atoms with E-state index in [9.17, 15) is 4.39 Å². The molecule has 1 aromatic heterocycles. The van der Waals surface area contributed by atoms with Gasteiger partial charge in [-0.05, 0) is 42.5 Å². The Morgan fingerprint density at radius 2 is 2.18 bits per heavy atom. The fourth-order valence-corrected chi connectivity index (χ4v) is 2.90. The van der Waals surface area contributed by atoms with Gasteiger partial charge in [0.15, 0.2) is 0 Å². The Bertz CT molecular complexity index is 533. The maximum absolute atomic E-state index is 13.2. The lowest BCUT2D eigenvalue weighted by molar-refractivity contribution is 0.423. The fourth-order valence-electron chi connectivity index (χ4n) is 2.90. The zero-order chi connectivity index (χ0) is 11.9. The lowest BCUT2D eigenvalue weighted by Crippen LogP contribution is -2.26. The number of aromatic amines is 1. The van der Waals surface area contributed by atoms with Gasteiger partial charge in [-0.2, -0.15) is 0 Å². The Morgan fingerprint density at radius 3 is 2.88 bits per heavy atom. The number of aromatic nitrogens is 2. The molecule has 0 unspecified atom stereocenters. The van der Waals surface area contributed by atoms with Crippen LogP contribution in [0.4, 0.5) is 4.39 Å². The van der Waals surface area contributed by atoms with Crippen molar-refractivity contribution in [3.63, 3.8) is 0 Å². The van der Waals surface area contributed by atoms with Gasteiger partial charge in [0, 0.05) is 17.3 Å². The molecule has 1 atom stereocenters. The number of nitrogens with zero attached hydrogens (tertiary/aromatic N) is 1. The van der Waals surface area contributed by atoms with Gasteiger partial charge in [0.1, 0.15) is 5.82 Å². The second-order valence-electron chi connectivity index (χ2n) is 4.87. The molecule has 0 spiro atoms. The van der Waals surface area contributed by atoms with E-state index in [2.05, 4.69) is 16.9 Å². The summed E-state index contributed by atoms with van der Waals surface area (Å²) in [6, 6.07) is 5.14. The number of imidazole rings is 1. The topological polar surface area (TPSA) is 28.7 Å². The molecule has 1 aliphatic rings. The molecule has 3 heteroatoms. The van der Waals surface area contributed by atoms with E-state index in [1.165, 1.54) is 5.56 Å². The standard InChI is InChI=1S/C14H15FN2/c1-2-14(13-8-16-9-17-13)6-10-3-4-12(15)5-11(10)7-14/h3-5,8-9H,2,6-7H2,1H3,(H,16,17)/t14-/m1/s1. The van der Waals surface area contributed by atoms with E-state index in [1.54, 1.807) is 18.5 Å². The van der Waals surface area contributed by atoms with Crippen LogP contribution in [-0.4, -0.2) is 9.97 Å². The van der Waals surface area contributed by atoms with Crippen molar-refractivity contribution in [3.8, 4) is 0 Å². The largest absolute Gasteiger partial charge is 0.348 e. The molecule has 0 amide bonds. The zero-order valence-electron chi connectivity index (χ0n) is 9.83. The van der Waals surface area contributed by atoms with Gasteiger partial charge in [-0.1, -0.05) is 13.0 Å². The van der Waals surface area contributed by atoms with E-state index >= 15 is 0 Å². The predicted molar refractivity (Wildman–Crippen MR) is 64.4 cm³/mol. The van der Waals surface area contributed by atoms with Crippen molar-refractivity contribution >= 4 is 0 Å². The first-order chi connectivity index (χ1) is 8.23. The van der Waals surface area contributed by atoms with Gasteiger partial charge < -0.3 is 4.98 Å². The molecular weight excluding hydrogens is 215 g/mol. The minimum absolute atomic E-state index is 0.0760. The van der Waals surface area contributed by atoms with E-state index < -0.39 is 0 Å². The molecular formula is C14H15FN2. The maximum Gasteiger partial charge on any atom is 0.123 e. The summed E-state index contributed by atoms with van der Waals surface area (Å²) in [4.78, 5) is 7.33. The SMILES string of the molecule is CC[C@@]1(c2cnc[nH]2)Cc2ccc(F)cc2C1. The van der Waals surface area contributed by atoms with Gasteiger partial charge in [-0.25, -0.2) is 9.37 Å². The molecule has 0 fully saturated rings. The van der Waals surface area contributed by atoms with Crippen LogP contribution in [0.1, 0.15) is 30.2 Å². The summed E-state index contributed by atoms with van der Waals surface area (Å²) in [5, 5.41) is 0. The molecule has 0 aliphatic heterocycles. The summed E-state index contributed by atoms with van der Waals surface area (Å²) in [6.45, 7) is 2.18. The summed E-state index contributed by atoms with van der Waals surface area (Å²) in [6.07, 6.45) is 6.52. The molecule has 17 heavy (non-hydrogen) atoms. The third-order valence-corrected chi connectivity index (χ3v) is 3.97. The minimum atomic E-state index is -0.139. The van der Waals surface area contributed by atoms with Crippen molar-refractivity contribution in [2.24, 2.45) is 0 Å². The van der Waals surface area contributed by atoms with Crippen molar-refractivity contribution in [3.05, 3.63) is 53.4 Å². The molecule has 0 radical (unpaired) electrons. The van der Waals surface area contributed by atoms with Gasteiger partial charge in [-0.15, -0.1) is 0 Å². The van der Waals surface area contributed by atoms with Crippen molar-refractivity contribution in [2.45, 2.75) is 31.6 Å². The lowest BCUT2D eigenvalue weighted by Gasteiger charge is -2.25. The molecule has 2 nitrogen and oxygen atoms in total. The van der Waals surface area contributed by atoms with E-state index in [1.807, 2.05) is 12.3 Å². The van der Waals surface area contributed by atoms with Crippen molar-refractivity contribution < 1.29 is 4.39 Å². The first-order valence-corrected chi connectivity index (χ1v) is 6.00. The highest BCUT2D eigenvalue weighted by Crippen LogP contribution is 2.41. The Labute approximate surface area is 99.9 Å². The zero-order valence-corrected chi connectivity index (χ0v) is 9.83. The van der Waals surface area contributed by atoms with E-state index in [4.69, 9.17) is 0 Å². The number of benzene rings is 1. The summed E-state index contributed by atoms with van der Waals surface area (Å²) in [5.41, 5.74) is 3.65. The van der Waals surface area contributed by atoms with E-state index in [-0.39, 0.29) is 11.2 Å². The molecule has 1 N–H and O–H groups in total. The Kier molecular flexibility index (Phi) is 2.28. The molecule has 2 aromatic rings. The van der Waals surface area contributed by atoms with E-state index in [0.717, 1.165) is 30.5 Å². The van der Waals surface area contributed by atoms with Crippen LogP contribution in [0.2, 0.25) is 0 Å². The molecule has 1 heterocycles. The van der Waals surface area contributed by atoms with Crippen LogP contribution in [0.25, 0.3) is 0 Å². The van der Waals surface area contributed by atoms with Crippen LogP contribution in [0.15, 0.2) is 30.7 Å². The summed E-state index contributed by atoms with van der Waals surface area (Å²) >= 11 is 0. The number of H-pyrrole nitrogens is 1. The highest BCUT2D eigenvalue weighted by atomic mass is 19.1. The summed E-state index contributed by atoms with van der Waals surface area (Å²) in [5.74, 6) is -0.139. The normalized spacial score (nSPS) is 22.7. The van der Waals surface area contributed by atoms with Gasteiger partial charge >= 0.3 is 0 Å². The average Bonchev–Trinajstić information content (AvgIpc) is 2.95. The lowest BCUT2D eigenvalue weighted by atomic mass is 9.79. The number of fused-ring (bicyclic) bond motifs is 1. The minimum Gasteiger partial charge on any atom is -0.348 e. The van der Waals surface area contributed by atoms with Crippen LogP contribution in [0, 0.1) is 5.82 Å². The second kappa shape index (κ2) is 3.69. The van der Waals surface area contributed by atoms with Gasteiger partial charge in [0.25, 0.3) is 0 Å². The summed E-state index contributed by atoms with van der Waals surface area (Å²) in [7, 11) is 0. The molecule has 0 saturated carbocycles. The van der Waals surface area contributed by atoms with Gasteiger partial charge in [0.2, 0.25) is 0 Å². The quantitative estimate of drug-likeness (QED) is 0.844. The maximum atomic E-state index is 13.2. The molecule has 88 valence electrons. The third kappa shape index (κ3) is 1.57. The second-order valence-corrected chi connectivity index (χ2v) is 4.87. The third-order valence-electron chi connectivity index (χ3n) is 3.97. The first kappa shape index (κ1) is 10.5. The Balaban J connectivity index is 2.03. The molecule has 1 aromatic carbocycles. The highest BCUT2D eigenvalue weighted by Gasteiger charge is 2.38. The van der Waals surface area contributed by atoms with E-state index in [0.29, 0.717) is 0 Å². The van der Waals surface area contributed by atoms with Gasteiger partial charge in [0.05, 0.1) is 6.33 Å². The molecule has 1 aliphatic carbocycles.